The fourth-order valence-electron chi connectivity index (χ4n) is 3.72. The van der Waals surface area contributed by atoms with Gasteiger partial charge in [0.05, 0.1) is 31.4 Å². The van der Waals surface area contributed by atoms with Gasteiger partial charge in [0, 0.05) is 13.7 Å². The van der Waals surface area contributed by atoms with Gasteiger partial charge in [-0.05, 0) is 11.1 Å². The number of morpholine rings is 1. The Balaban J connectivity index is 1.44. The summed E-state index contributed by atoms with van der Waals surface area (Å²) in [6.07, 6.45) is -0.0629. The Bertz CT molecular complexity index is 648. The van der Waals surface area contributed by atoms with Crippen LogP contribution in [0.5, 0.6) is 0 Å². The molecule has 2 aromatic rings. The minimum absolute atomic E-state index is 0.151. The third-order valence-corrected chi connectivity index (χ3v) is 4.96. The maximum absolute atomic E-state index is 6.23. The molecule has 5 rings (SSSR count). The second-order valence-corrected chi connectivity index (χ2v) is 6.41. The second kappa shape index (κ2) is 7.03. The van der Waals surface area contributed by atoms with Gasteiger partial charge in [0.2, 0.25) is 0 Å². The molecule has 126 valence electrons. The fraction of sp³-hybridized carbons (Fsp3) is 0.400. The van der Waals surface area contributed by atoms with E-state index in [2.05, 4.69) is 41.3 Å². The van der Waals surface area contributed by atoms with Crippen LogP contribution in [0.15, 0.2) is 60.7 Å². The molecule has 4 nitrogen and oxygen atoms in total. The van der Waals surface area contributed by atoms with Crippen molar-refractivity contribution in [3.63, 3.8) is 0 Å². The van der Waals surface area contributed by atoms with Crippen LogP contribution >= 0.6 is 0 Å². The third kappa shape index (κ3) is 2.98. The van der Waals surface area contributed by atoms with E-state index in [1.165, 1.54) is 11.1 Å². The number of fused-ring (bicyclic) bond motifs is 2. The number of benzene rings is 2. The predicted octanol–water partition coefficient (Wildman–Crippen LogP) is 2.83. The van der Waals surface area contributed by atoms with E-state index in [1.807, 2.05) is 24.3 Å². The molecule has 3 aliphatic rings. The lowest BCUT2D eigenvalue weighted by atomic mass is 9.85. The summed E-state index contributed by atoms with van der Waals surface area (Å²) in [6, 6.07) is 21.3. The van der Waals surface area contributed by atoms with Gasteiger partial charge in [-0.1, -0.05) is 60.7 Å². The number of ether oxygens (including phenoxy) is 3. The van der Waals surface area contributed by atoms with Crippen LogP contribution in [-0.2, 0) is 27.4 Å². The van der Waals surface area contributed by atoms with Crippen LogP contribution in [0.25, 0.3) is 0 Å². The molecule has 4 unspecified atom stereocenters. The highest BCUT2D eigenvalue weighted by Crippen LogP contribution is 2.39. The first-order valence-electron chi connectivity index (χ1n) is 8.46. The lowest BCUT2D eigenvalue weighted by molar-refractivity contribution is -0.316. The lowest BCUT2D eigenvalue weighted by Crippen LogP contribution is -2.77. The average Bonchev–Trinajstić information content (AvgIpc) is 2.66. The number of hydrogen-bond acceptors (Lipinski definition) is 4. The van der Waals surface area contributed by atoms with Crippen molar-refractivity contribution in [2.75, 3.05) is 13.7 Å². The summed E-state index contributed by atoms with van der Waals surface area (Å²) in [5, 5.41) is 0. The molecule has 4 heteroatoms. The second-order valence-electron chi connectivity index (χ2n) is 6.41. The Morgan fingerprint density at radius 2 is 1.67 bits per heavy atom. The zero-order valence-corrected chi connectivity index (χ0v) is 13.9. The summed E-state index contributed by atoms with van der Waals surface area (Å²) in [4.78, 5) is 2.45. The first-order valence-corrected chi connectivity index (χ1v) is 8.46. The summed E-state index contributed by atoms with van der Waals surface area (Å²) in [5.41, 5.74) is 2.51. The van der Waals surface area contributed by atoms with E-state index in [0.29, 0.717) is 19.3 Å². The predicted molar refractivity (Wildman–Crippen MR) is 91.3 cm³/mol. The smallest absolute Gasteiger partial charge is 0.175 e. The van der Waals surface area contributed by atoms with Gasteiger partial charge in [0.15, 0.2) is 6.29 Å². The van der Waals surface area contributed by atoms with Crippen molar-refractivity contribution in [2.45, 2.75) is 37.6 Å². The van der Waals surface area contributed by atoms with E-state index in [-0.39, 0.29) is 18.4 Å². The molecule has 4 atom stereocenters. The van der Waals surface area contributed by atoms with E-state index in [9.17, 15) is 0 Å². The van der Waals surface area contributed by atoms with Crippen LogP contribution in [0.4, 0.5) is 0 Å². The van der Waals surface area contributed by atoms with Crippen LogP contribution < -0.4 is 0 Å². The van der Waals surface area contributed by atoms with E-state index >= 15 is 0 Å². The summed E-state index contributed by atoms with van der Waals surface area (Å²) >= 11 is 0. The Morgan fingerprint density at radius 3 is 2.33 bits per heavy atom. The molecule has 0 radical (unpaired) electrons. The SMILES string of the molecule is COC1OCC2C(OCc3ccccc3)C1N2Cc1ccccc1. The van der Waals surface area contributed by atoms with Crippen molar-refractivity contribution in [3.05, 3.63) is 71.8 Å². The number of nitrogens with zero attached hydrogens (tertiary/aromatic N) is 1. The van der Waals surface area contributed by atoms with E-state index < -0.39 is 0 Å². The van der Waals surface area contributed by atoms with Crippen LogP contribution in [0, 0.1) is 0 Å². The maximum Gasteiger partial charge on any atom is 0.175 e. The molecule has 3 aliphatic heterocycles. The molecule has 0 N–H and O–H groups in total. The highest BCUT2D eigenvalue weighted by molar-refractivity contribution is 5.18. The van der Waals surface area contributed by atoms with Crippen LogP contribution in [0.1, 0.15) is 11.1 Å². The average molecular weight is 325 g/mol. The van der Waals surface area contributed by atoms with Crippen molar-refractivity contribution in [1.29, 1.82) is 0 Å². The van der Waals surface area contributed by atoms with Crippen LogP contribution in [-0.4, -0.2) is 43.1 Å². The zero-order valence-electron chi connectivity index (χ0n) is 13.9. The molecule has 0 spiro atoms. The Labute approximate surface area is 142 Å². The molecule has 3 saturated heterocycles. The fourth-order valence-corrected chi connectivity index (χ4v) is 3.72. The Morgan fingerprint density at radius 1 is 1.00 bits per heavy atom. The highest BCUT2D eigenvalue weighted by Gasteiger charge is 2.57. The number of methoxy groups -OCH3 is 1. The topological polar surface area (TPSA) is 30.9 Å². The van der Waals surface area contributed by atoms with Gasteiger partial charge in [-0.15, -0.1) is 0 Å². The minimum Gasteiger partial charge on any atom is -0.370 e. The van der Waals surface area contributed by atoms with Crippen molar-refractivity contribution < 1.29 is 14.2 Å². The number of rotatable bonds is 6. The van der Waals surface area contributed by atoms with Gasteiger partial charge >= 0.3 is 0 Å². The van der Waals surface area contributed by atoms with Gasteiger partial charge < -0.3 is 14.2 Å². The molecule has 24 heavy (non-hydrogen) atoms. The van der Waals surface area contributed by atoms with Gasteiger partial charge in [-0.3, -0.25) is 4.90 Å². The van der Waals surface area contributed by atoms with Crippen molar-refractivity contribution >= 4 is 0 Å². The van der Waals surface area contributed by atoms with Crippen LogP contribution in [0.2, 0.25) is 0 Å². The highest BCUT2D eigenvalue weighted by atomic mass is 16.7. The Kier molecular flexibility index (Phi) is 4.63. The molecule has 3 heterocycles. The van der Waals surface area contributed by atoms with Gasteiger partial charge in [0.25, 0.3) is 0 Å². The van der Waals surface area contributed by atoms with E-state index in [4.69, 9.17) is 14.2 Å². The molecule has 0 aromatic heterocycles. The van der Waals surface area contributed by atoms with Gasteiger partial charge in [-0.25, -0.2) is 0 Å². The summed E-state index contributed by atoms with van der Waals surface area (Å²) in [6.45, 7) is 2.19. The molecular weight excluding hydrogens is 302 g/mol. The summed E-state index contributed by atoms with van der Waals surface area (Å²) < 4.78 is 17.6. The van der Waals surface area contributed by atoms with Crippen molar-refractivity contribution in [1.82, 2.24) is 4.90 Å². The molecule has 0 amide bonds. The molecule has 2 bridgehead atoms. The minimum atomic E-state index is -0.223. The molecule has 2 aromatic carbocycles. The summed E-state index contributed by atoms with van der Waals surface area (Å²) in [5.74, 6) is 0. The maximum atomic E-state index is 6.23. The molecule has 0 saturated carbocycles. The normalized spacial score (nSPS) is 29.2. The van der Waals surface area contributed by atoms with E-state index in [1.54, 1.807) is 7.11 Å². The first kappa shape index (κ1) is 15.8. The van der Waals surface area contributed by atoms with Crippen molar-refractivity contribution in [3.8, 4) is 0 Å². The first-order chi connectivity index (χ1) is 11.9. The monoisotopic (exact) mass is 325 g/mol. The zero-order chi connectivity index (χ0) is 16.4. The lowest BCUT2D eigenvalue weighted by Gasteiger charge is -2.60. The van der Waals surface area contributed by atoms with Gasteiger partial charge in [-0.2, -0.15) is 0 Å². The van der Waals surface area contributed by atoms with E-state index in [0.717, 1.165) is 6.54 Å². The number of hydrogen-bond donors (Lipinski definition) is 0. The van der Waals surface area contributed by atoms with Gasteiger partial charge in [0.1, 0.15) is 0 Å². The largest absolute Gasteiger partial charge is 0.370 e. The molecule has 3 fully saturated rings. The Hall–Kier alpha value is -1.72. The molecule has 0 aliphatic carbocycles. The van der Waals surface area contributed by atoms with Crippen LogP contribution in [0.3, 0.4) is 0 Å². The third-order valence-electron chi connectivity index (χ3n) is 4.96. The molecular formula is C20H23NO3. The standard InChI is InChI=1S/C20H23NO3/c1-22-20-18-19(23-13-16-10-6-3-7-11-16)17(14-24-20)21(18)12-15-8-4-2-5-9-15/h2-11,17-20H,12-14H2,1H3. The quantitative estimate of drug-likeness (QED) is 0.817. The van der Waals surface area contributed by atoms with Crippen molar-refractivity contribution in [2.24, 2.45) is 0 Å². The summed E-state index contributed by atoms with van der Waals surface area (Å²) in [7, 11) is 1.71.